The fraction of sp³-hybridized carbons (Fsp3) is 0.278. The third kappa shape index (κ3) is 9.49. The van der Waals surface area contributed by atoms with Gasteiger partial charge < -0.3 is 21.3 Å². The molecule has 6 nitrogen and oxygen atoms in total. The number of benzene rings is 2. The Hall–Kier alpha value is -3.01. The summed E-state index contributed by atoms with van der Waals surface area (Å²) < 4.78 is 0. The van der Waals surface area contributed by atoms with E-state index in [0.29, 0.717) is 0 Å². The molecule has 0 radical (unpaired) electrons. The molecule has 6 rings (SSSR count). The molecule has 4 aliphatic heterocycles. The molecule has 2 aromatic carbocycles. The van der Waals surface area contributed by atoms with E-state index in [1.54, 1.807) is 0 Å². The molecule has 44 heavy (non-hydrogen) atoms. The van der Waals surface area contributed by atoms with Crippen molar-refractivity contribution in [1.29, 1.82) is 0 Å². The van der Waals surface area contributed by atoms with Crippen LogP contribution in [0.4, 0.5) is 0 Å². The summed E-state index contributed by atoms with van der Waals surface area (Å²) in [6.45, 7) is 7.86. The molecule has 4 aliphatic rings. The third-order valence-electron chi connectivity index (χ3n) is 7.73. The van der Waals surface area contributed by atoms with Crippen LogP contribution in [0.2, 0.25) is 0 Å². The van der Waals surface area contributed by atoms with Crippen molar-refractivity contribution in [2.45, 2.75) is 13.1 Å². The molecule has 0 saturated heterocycles. The first kappa shape index (κ1) is 33.9. The summed E-state index contributed by atoms with van der Waals surface area (Å²) >= 11 is 0. The zero-order valence-corrected chi connectivity index (χ0v) is 31.5. The van der Waals surface area contributed by atoms with Crippen molar-refractivity contribution in [3.63, 3.8) is 0 Å². The van der Waals surface area contributed by atoms with Crippen molar-refractivity contribution in [2.24, 2.45) is 0 Å². The summed E-state index contributed by atoms with van der Waals surface area (Å²) in [5, 5.41) is 21.6. The van der Waals surface area contributed by atoms with Crippen molar-refractivity contribution in [1.82, 2.24) is 9.80 Å². The Labute approximate surface area is 288 Å². The molecule has 0 atom stereocenters. The van der Waals surface area contributed by atoms with E-state index in [1.807, 2.05) is 0 Å². The molecule has 0 bridgehead atoms. The molecule has 0 N–H and O–H groups in total. The predicted molar refractivity (Wildman–Crippen MR) is 176 cm³/mol. The van der Waals surface area contributed by atoms with E-state index in [4.69, 9.17) is 21.3 Å². The van der Waals surface area contributed by atoms with E-state index in [0.717, 1.165) is 88.2 Å². The zero-order valence-electron chi connectivity index (χ0n) is 25.6. The van der Waals surface area contributed by atoms with Gasteiger partial charge in [0.2, 0.25) is 0 Å². The van der Waals surface area contributed by atoms with Crippen LogP contribution in [0.1, 0.15) is 11.1 Å². The van der Waals surface area contributed by atoms with Crippen molar-refractivity contribution < 1.29 is 39.0 Å². The molecule has 8 heteroatoms. The second-order valence-electron chi connectivity index (χ2n) is 10.9. The van der Waals surface area contributed by atoms with E-state index >= 15 is 0 Å². The Balaban J connectivity index is 0.00000221. The minimum Gasteiger partial charge on any atom is -0.684 e. The van der Waals surface area contributed by atoms with Crippen molar-refractivity contribution >= 4 is 10.8 Å². The first-order valence-corrected chi connectivity index (χ1v) is 14.9. The number of nitrogens with zero attached hydrogens (tertiary/aromatic N) is 6. The van der Waals surface area contributed by atoms with Crippen molar-refractivity contribution in [2.75, 3.05) is 52.4 Å². The second kappa shape index (κ2) is 17.5. The van der Waals surface area contributed by atoms with Crippen LogP contribution >= 0.6 is 0 Å². The van der Waals surface area contributed by atoms with Gasteiger partial charge >= 0.3 is 39.0 Å². The molecule has 4 heterocycles. The van der Waals surface area contributed by atoms with Gasteiger partial charge in [-0.25, -0.2) is 0 Å². The monoisotopic (exact) mass is 682 g/mol. The Morgan fingerprint density at radius 3 is 1.02 bits per heavy atom. The Morgan fingerprint density at radius 1 is 0.432 bits per heavy atom. The molecule has 0 amide bonds. The van der Waals surface area contributed by atoms with Gasteiger partial charge in [-0.2, -0.15) is 0 Å². The summed E-state index contributed by atoms with van der Waals surface area (Å²) in [4.78, 5) is 4.93. The van der Waals surface area contributed by atoms with Crippen LogP contribution in [0.25, 0.3) is 32.0 Å². The van der Waals surface area contributed by atoms with Crippen LogP contribution in [0.5, 0.6) is 0 Å². The van der Waals surface area contributed by atoms with Gasteiger partial charge in [0, 0.05) is 39.3 Å². The molecular weight excluding hydrogens is 647 g/mol. The van der Waals surface area contributed by atoms with Gasteiger partial charge in [-0.3, -0.25) is 9.80 Å². The van der Waals surface area contributed by atoms with Crippen LogP contribution in [0.3, 0.4) is 0 Å². The SMILES string of the molecule is C1=CC[N-]C(CN(CC2=CC=CC[N-]2)Cc2ccc(CN(CC3=CC=CC[N-]3)CC3=CC=CC[N-]3)c3ccccc23)=C1.[Zn+2].[Zn+2]. The second-order valence-corrected chi connectivity index (χ2v) is 10.9. The first-order chi connectivity index (χ1) is 20.8. The van der Waals surface area contributed by atoms with E-state index in [1.165, 1.54) is 21.9 Å². The van der Waals surface area contributed by atoms with Gasteiger partial charge in [-0.05, 0) is 21.9 Å². The quantitative estimate of drug-likeness (QED) is 0.215. The Bertz CT molecular complexity index is 1330. The van der Waals surface area contributed by atoms with Crippen molar-refractivity contribution in [3.05, 3.63) is 164 Å². The predicted octanol–water partition coefficient (Wildman–Crippen LogP) is 7.75. The normalized spacial score (nSPS) is 16.9. The summed E-state index contributed by atoms with van der Waals surface area (Å²) in [5.74, 6) is 0. The third-order valence-corrected chi connectivity index (χ3v) is 7.73. The van der Waals surface area contributed by atoms with Gasteiger partial charge in [0.05, 0.1) is 0 Å². The molecule has 0 fully saturated rings. The molecule has 0 spiro atoms. The van der Waals surface area contributed by atoms with Crippen LogP contribution in [0.15, 0.2) is 132 Å². The van der Waals surface area contributed by atoms with Gasteiger partial charge in [0.25, 0.3) is 0 Å². The minimum atomic E-state index is 0. The standard InChI is InChI=1S/C36H38N6.2Zn/c1-2-16-36-30(24-42(27-33-13-5-9-21-39-33)28-34-14-6-10-22-40-34)18-17-29(35(36)15-1)23-41(25-31-11-3-7-19-37-31)26-32-12-4-8-20-38-32;;/h1-18H,19-28H2;;/q-4;2*+2. The molecule has 0 saturated carbocycles. The number of allylic oxidation sites excluding steroid dienone is 8. The average Bonchev–Trinajstić information content (AvgIpc) is 3.04. The van der Waals surface area contributed by atoms with E-state index in [2.05, 4.69) is 119 Å². The first-order valence-electron chi connectivity index (χ1n) is 14.9. The average molecular weight is 686 g/mol. The number of fused-ring (bicyclic) bond motifs is 1. The fourth-order valence-electron chi connectivity index (χ4n) is 5.69. The molecule has 0 unspecified atom stereocenters. The van der Waals surface area contributed by atoms with Crippen LogP contribution < -0.4 is 0 Å². The van der Waals surface area contributed by atoms with Gasteiger partial charge in [-0.1, -0.05) is 85.0 Å². The van der Waals surface area contributed by atoms with Crippen LogP contribution in [-0.4, -0.2) is 62.2 Å². The van der Waals surface area contributed by atoms with Gasteiger partial charge in [0.1, 0.15) is 0 Å². The Morgan fingerprint density at radius 2 is 0.750 bits per heavy atom. The topological polar surface area (TPSA) is 62.9 Å². The molecule has 216 valence electrons. The maximum atomic E-state index is 4.74. The molecule has 0 aromatic heterocycles. The van der Waals surface area contributed by atoms with Crippen LogP contribution in [0, 0.1) is 0 Å². The van der Waals surface area contributed by atoms with E-state index in [-0.39, 0.29) is 39.0 Å². The number of rotatable bonds is 12. The summed E-state index contributed by atoms with van der Waals surface area (Å²) in [7, 11) is 0. The fourth-order valence-corrected chi connectivity index (χ4v) is 5.69. The molecule has 2 aromatic rings. The van der Waals surface area contributed by atoms with Crippen molar-refractivity contribution in [3.8, 4) is 0 Å². The maximum Gasteiger partial charge on any atom is 2.00 e. The largest absolute Gasteiger partial charge is 2.00 e. The molecular formula is C36H38N6Zn2. The Kier molecular flexibility index (Phi) is 13.4. The summed E-state index contributed by atoms with van der Waals surface area (Å²) in [5.41, 5.74) is 7.13. The summed E-state index contributed by atoms with van der Waals surface area (Å²) in [6, 6.07) is 13.5. The van der Waals surface area contributed by atoms with E-state index < -0.39 is 0 Å². The minimum absolute atomic E-state index is 0. The maximum absolute atomic E-state index is 4.74. The van der Waals surface area contributed by atoms with E-state index in [9.17, 15) is 0 Å². The zero-order chi connectivity index (χ0) is 28.4. The van der Waals surface area contributed by atoms with Gasteiger partial charge in [-0.15, -0.1) is 73.3 Å². The van der Waals surface area contributed by atoms with Crippen LogP contribution in [-0.2, 0) is 52.0 Å². The number of hydrogen-bond donors (Lipinski definition) is 0. The van der Waals surface area contributed by atoms with Gasteiger partial charge in [0.15, 0.2) is 0 Å². The number of hydrogen-bond acceptors (Lipinski definition) is 2. The smallest absolute Gasteiger partial charge is 0.684 e. The molecule has 0 aliphatic carbocycles. The summed E-state index contributed by atoms with van der Waals surface area (Å²) in [6.07, 6.45) is 25.4.